The molecule has 5 aliphatic heterocycles. The average Bonchev–Trinajstić information content (AvgIpc) is 3.97. The maximum absolute atomic E-state index is 13.0. The summed E-state index contributed by atoms with van der Waals surface area (Å²) in [5.41, 5.74) is 4.48. The number of hydrogen-bond donors (Lipinski definition) is 3. The molecule has 15 nitrogen and oxygen atoms in total. The van der Waals surface area contributed by atoms with Crippen LogP contribution in [-0.4, -0.2) is 118 Å². The lowest BCUT2D eigenvalue weighted by Gasteiger charge is -2.44. The van der Waals surface area contributed by atoms with Gasteiger partial charge in [-0.15, -0.1) is 12.3 Å². The van der Waals surface area contributed by atoms with E-state index in [9.17, 15) is 20.1 Å². The third kappa shape index (κ3) is 15.5. The molecular weight excluding hydrogens is 897 g/mol. The molecule has 2 aromatic heterocycles. The van der Waals surface area contributed by atoms with Crippen LogP contribution in [-0.2, 0) is 44.4 Å². The number of aliphatic hydroxyl groups excluding tert-OH is 2. The van der Waals surface area contributed by atoms with Crippen molar-refractivity contribution in [1.82, 2.24) is 9.97 Å². The Morgan fingerprint density at radius 1 is 1.00 bits per heavy atom. The van der Waals surface area contributed by atoms with Crippen molar-refractivity contribution < 1.29 is 62.1 Å². The Bertz CT molecular complexity index is 2220. The zero-order valence-corrected chi connectivity index (χ0v) is 42.2. The van der Waals surface area contributed by atoms with Crippen LogP contribution >= 0.6 is 0 Å². The summed E-state index contributed by atoms with van der Waals surface area (Å²) < 4.78 is 53.2. The number of allylic oxidation sites excluding steroid dienone is 3. The smallest absolute Gasteiger partial charge is 0.330 e. The summed E-state index contributed by atoms with van der Waals surface area (Å²) in [6.07, 6.45) is 25.1. The molecule has 4 saturated heterocycles. The number of carbonyl (C=O) groups is 1. The number of esters is 1. The summed E-state index contributed by atoms with van der Waals surface area (Å²) in [7, 11) is 3.17. The monoisotopic (exact) mass is 973 g/mol. The molecule has 2 aromatic rings. The van der Waals surface area contributed by atoms with Gasteiger partial charge >= 0.3 is 5.97 Å². The standard InChI is InChI=1S/C33H45NO7.C22H31NO6/c1-6-20(3)32-22(5)33-21(4)28(40-32)10-8-11-30-34-27(18-37-30)29-16-23(35)15-26(39-29)17-25-14-19(2)13-24(38-25)9-7-12-31(36)41-33;1-6-7-17(26-4)9-8-15(2)10-19(24)20-11-18(27-5)12-22(25,29-20)13-21-23-16(3)14-28-21/h6-8,11-12,18,21-26,28-29,32-33,35H,2,9-10,13-17H2,1,3-5H3;1,8-10,14,17-20,24-25H,7,11-13H2,2-5H3/b11-8+,12-7-,20-6+;9-8+,15-10+/t21-,22-,23+,24-,25+,26-,28+,29+,32-,33-;17-,18-,19-,20-,22+/m01/s1. The first kappa shape index (κ1) is 54.9. The van der Waals surface area contributed by atoms with Crippen molar-refractivity contribution in [2.45, 2.75) is 191 Å². The highest BCUT2D eigenvalue weighted by molar-refractivity contribution is 5.82. The van der Waals surface area contributed by atoms with Gasteiger partial charge in [0.1, 0.15) is 30.4 Å². The van der Waals surface area contributed by atoms with Crippen molar-refractivity contribution in [2.75, 3.05) is 14.2 Å². The predicted octanol–water partition coefficient (Wildman–Crippen LogP) is 8.34. The number of aromatic nitrogens is 2. The van der Waals surface area contributed by atoms with Crippen molar-refractivity contribution in [1.29, 1.82) is 0 Å². The first-order valence-electron chi connectivity index (χ1n) is 24.8. The van der Waals surface area contributed by atoms with Gasteiger partial charge < -0.3 is 57.3 Å². The van der Waals surface area contributed by atoms with Crippen molar-refractivity contribution >= 4 is 12.0 Å². The number of terminal acetylenes is 1. The van der Waals surface area contributed by atoms with Crippen LogP contribution in [0.25, 0.3) is 6.08 Å². The first-order chi connectivity index (χ1) is 33.5. The highest BCUT2D eigenvalue weighted by Gasteiger charge is 2.45. The minimum Gasteiger partial charge on any atom is -0.458 e. The quantitative estimate of drug-likeness (QED) is 0.0889. The third-order valence-electron chi connectivity index (χ3n) is 13.9. The second kappa shape index (κ2) is 25.8. The zero-order chi connectivity index (χ0) is 50.5. The molecule has 0 aromatic carbocycles. The fraction of sp³-hybridized carbons (Fsp3) is 0.618. The summed E-state index contributed by atoms with van der Waals surface area (Å²) in [6.45, 7) is 16.2. The van der Waals surface area contributed by atoms with E-state index in [-0.39, 0.29) is 85.6 Å². The number of aryl methyl sites for hydroxylation is 1. The van der Waals surface area contributed by atoms with Gasteiger partial charge in [0.15, 0.2) is 11.7 Å². The zero-order valence-electron chi connectivity index (χ0n) is 42.2. The number of hydrogen-bond acceptors (Lipinski definition) is 15. The lowest BCUT2D eigenvalue weighted by atomic mass is 9.79. The van der Waals surface area contributed by atoms with Crippen LogP contribution in [0.5, 0.6) is 0 Å². The van der Waals surface area contributed by atoms with Gasteiger partial charge in [-0.25, -0.2) is 14.8 Å². The Morgan fingerprint density at radius 2 is 1.77 bits per heavy atom. The first-order valence-corrected chi connectivity index (χ1v) is 24.8. The number of oxazole rings is 2. The van der Waals surface area contributed by atoms with E-state index < -0.39 is 24.1 Å². The minimum absolute atomic E-state index is 0.00940. The fourth-order valence-corrected chi connectivity index (χ4v) is 10.1. The minimum atomic E-state index is -1.53. The molecule has 15 heteroatoms. The maximum Gasteiger partial charge on any atom is 0.330 e. The molecule has 3 N–H and O–H groups in total. The van der Waals surface area contributed by atoms with E-state index in [0.717, 1.165) is 35.3 Å². The summed E-state index contributed by atoms with van der Waals surface area (Å²) in [5, 5.41) is 32.3. The topological polar surface area (TPSA) is 194 Å². The lowest BCUT2D eigenvalue weighted by Crippen LogP contribution is -2.51. The fourth-order valence-electron chi connectivity index (χ4n) is 10.1. The molecule has 0 spiro atoms. The van der Waals surface area contributed by atoms with Crippen LogP contribution in [0.2, 0.25) is 0 Å². The molecule has 0 aliphatic carbocycles. The molecule has 8 bridgehead atoms. The lowest BCUT2D eigenvalue weighted by molar-refractivity contribution is -0.286. The van der Waals surface area contributed by atoms with Crippen molar-refractivity contribution in [2.24, 2.45) is 11.8 Å². The van der Waals surface area contributed by atoms with E-state index in [4.69, 9.17) is 48.4 Å². The number of fused-ring (bicyclic) bond motifs is 9. The van der Waals surface area contributed by atoms with E-state index in [1.807, 2.05) is 51.2 Å². The Kier molecular flexibility index (Phi) is 20.2. The van der Waals surface area contributed by atoms with Gasteiger partial charge in [0, 0.05) is 64.2 Å². The number of rotatable bonds is 10. The molecule has 7 rings (SSSR count). The second-order valence-electron chi connectivity index (χ2n) is 19.7. The van der Waals surface area contributed by atoms with Crippen molar-refractivity contribution in [3.63, 3.8) is 0 Å². The van der Waals surface area contributed by atoms with Gasteiger partial charge in [0.2, 0.25) is 5.89 Å². The molecule has 0 unspecified atom stereocenters. The maximum atomic E-state index is 13.0. The molecule has 0 radical (unpaired) electrons. The van der Waals surface area contributed by atoms with E-state index in [1.165, 1.54) is 12.3 Å². The molecule has 15 atom stereocenters. The predicted molar refractivity (Wildman–Crippen MR) is 263 cm³/mol. The van der Waals surface area contributed by atoms with E-state index in [2.05, 4.69) is 49.3 Å². The second-order valence-corrected chi connectivity index (χ2v) is 19.7. The highest BCUT2D eigenvalue weighted by atomic mass is 16.6. The summed E-state index contributed by atoms with van der Waals surface area (Å²) >= 11 is 0. The number of carbonyl (C=O) groups excluding carboxylic acids is 1. The van der Waals surface area contributed by atoms with Gasteiger partial charge in [-0.05, 0) is 71.4 Å². The normalized spacial score (nSPS) is 35.3. The SMILES string of the molecule is C#CC[C@H](/C=C/C(C)=C/[C@@H](O)[C@H]1C[C@@H](OC)C[C@@](O)(Cc2nc(C)co2)O1)OC.C=C1C[C@@H]2C[C@@H]3C[C@@H](O)C[C@@H](O3)c3coc(n3)/C=C/C[C@H]3O[C@@H](/C(C)=C/C)[C@H](C)[C@@H](OC(=O)/C=C\C[C@@H](C1)O2)[C@H]3C. The highest BCUT2D eigenvalue weighted by Crippen LogP contribution is 2.39. The molecular formula is C55H76N2O13. The molecule has 4 fully saturated rings. The van der Waals surface area contributed by atoms with Gasteiger partial charge in [-0.1, -0.05) is 68.0 Å². The number of aliphatic hydroxyl groups is 3. The van der Waals surface area contributed by atoms with Crippen molar-refractivity contribution in [3.8, 4) is 12.3 Å². The average molecular weight is 973 g/mol. The van der Waals surface area contributed by atoms with E-state index in [0.29, 0.717) is 62.4 Å². The Morgan fingerprint density at radius 3 is 2.49 bits per heavy atom. The molecule has 70 heavy (non-hydrogen) atoms. The van der Waals surface area contributed by atoms with E-state index >= 15 is 0 Å². The Labute approximate surface area is 414 Å². The van der Waals surface area contributed by atoms with Crippen molar-refractivity contribution in [3.05, 3.63) is 102 Å². The molecule has 5 aliphatic rings. The summed E-state index contributed by atoms with van der Waals surface area (Å²) in [6, 6.07) is 0. The van der Waals surface area contributed by atoms with E-state index in [1.54, 1.807) is 26.6 Å². The number of ether oxygens (including phenoxy) is 7. The Hall–Kier alpha value is -4.47. The summed E-state index contributed by atoms with van der Waals surface area (Å²) in [5.74, 6) is 1.53. The number of methoxy groups -OCH3 is 2. The molecule has 384 valence electrons. The largest absolute Gasteiger partial charge is 0.458 e. The molecule has 0 amide bonds. The third-order valence-corrected chi connectivity index (χ3v) is 13.9. The van der Waals surface area contributed by atoms with Crippen LogP contribution in [0.15, 0.2) is 87.2 Å². The molecule has 0 saturated carbocycles. The van der Waals surface area contributed by atoms with Crippen LogP contribution in [0.3, 0.4) is 0 Å². The van der Waals surface area contributed by atoms with Gasteiger partial charge in [-0.2, -0.15) is 0 Å². The van der Waals surface area contributed by atoms with Crippen LogP contribution in [0, 0.1) is 31.1 Å². The Balaban J connectivity index is 0.000000245. The number of nitrogens with zero attached hydrogens (tertiary/aromatic N) is 2. The molecule has 7 heterocycles. The van der Waals surface area contributed by atoms with Gasteiger partial charge in [0.25, 0.3) is 0 Å². The van der Waals surface area contributed by atoms with Gasteiger partial charge in [-0.3, -0.25) is 0 Å². The van der Waals surface area contributed by atoms with Gasteiger partial charge in [0.05, 0.1) is 73.2 Å². The van der Waals surface area contributed by atoms with Crippen LogP contribution in [0.1, 0.15) is 128 Å². The summed E-state index contributed by atoms with van der Waals surface area (Å²) in [4.78, 5) is 21.9. The van der Waals surface area contributed by atoms with Crippen LogP contribution in [0.4, 0.5) is 0 Å². The van der Waals surface area contributed by atoms with Crippen LogP contribution < -0.4 is 0 Å².